The Hall–Kier alpha value is -2.92. The molecule has 1 saturated heterocycles. The Balaban J connectivity index is 0.000000553. The van der Waals surface area contributed by atoms with Gasteiger partial charge in [-0.25, -0.2) is 9.78 Å². The Morgan fingerprint density at radius 3 is 2.70 bits per heavy atom. The second-order valence-corrected chi connectivity index (χ2v) is 6.25. The fraction of sp³-hybridized carbons (Fsp3) is 0.579. The average Bonchev–Trinajstić information content (AvgIpc) is 2.79. The van der Waals surface area contributed by atoms with E-state index in [0.717, 1.165) is 6.42 Å². The zero-order valence-corrected chi connectivity index (χ0v) is 17.3. The lowest BCUT2D eigenvalue weighted by molar-refractivity contribution is -0.151. The number of methoxy groups -OCH3 is 2. The summed E-state index contributed by atoms with van der Waals surface area (Å²) in [6, 6.07) is 0.459. The quantitative estimate of drug-likeness (QED) is 0.553. The summed E-state index contributed by atoms with van der Waals surface area (Å²) in [5.41, 5.74) is -0.231. The van der Waals surface area contributed by atoms with E-state index in [2.05, 4.69) is 15.0 Å². The molecule has 1 amide bonds. The van der Waals surface area contributed by atoms with Crippen molar-refractivity contribution in [2.45, 2.75) is 38.3 Å². The number of cyclic esters (lactones) is 1. The lowest BCUT2D eigenvalue weighted by Gasteiger charge is -2.18. The molecule has 0 saturated carbocycles. The van der Waals surface area contributed by atoms with E-state index in [1.54, 1.807) is 6.92 Å². The molecule has 0 aliphatic carbocycles. The first-order valence-electron chi connectivity index (χ1n) is 9.32. The van der Waals surface area contributed by atoms with Crippen LogP contribution in [0.25, 0.3) is 0 Å². The topological polar surface area (TPSA) is 154 Å². The largest absolute Gasteiger partial charge is 0.503 e. The smallest absolute Gasteiger partial charge is 0.331 e. The maximum Gasteiger partial charge on any atom is 0.331 e. The van der Waals surface area contributed by atoms with Gasteiger partial charge in [0, 0.05) is 18.9 Å². The van der Waals surface area contributed by atoms with Gasteiger partial charge in [0.05, 0.1) is 40.0 Å². The fourth-order valence-electron chi connectivity index (χ4n) is 2.37. The number of hydrogen-bond acceptors (Lipinski definition) is 10. The first-order chi connectivity index (χ1) is 14.3. The van der Waals surface area contributed by atoms with Gasteiger partial charge in [-0.05, 0) is 19.8 Å². The number of nitrogens with zero attached hydrogens (tertiary/aromatic N) is 1. The summed E-state index contributed by atoms with van der Waals surface area (Å²) < 4.78 is 19.7. The second kappa shape index (κ2) is 13.3. The van der Waals surface area contributed by atoms with E-state index < -0.39 is 23.7 Å². The van der Waals surface area contributed by atoms with Crippen LogP contribution in [0.1, 0.15) is 36.7 Å². The van der Waals surface area contributed by atoms with Crippen molar-refractivity contribution in [1.29, 1.82) is 0 Å². The first kappa shape index (κ1) is 25.1. The highest BCUT2D eigenvalue weighted by molar-refractivity contribution is 5.98. The number of aliphatic hydroxyl groups excluding tert-OH is 1. The Bertz CT molecular complexity index is 711. The van der Waals surface area contributed by atoms with E-state index in [0.29, 0.717) is 13.0 Å². The number of pyridine rings is 1. The fourth-order valence-corrected chi connectivity index (χ4v) is 2.37. The van der Waals surface area contributed by atoms with Gasteiger partial charge >= 0.3 is 11.9 Å². The molecule has 11 heteroatoms. The highest BCUT2D eigenvalue weighted by Gasteiger charge is 2.28. The van der Waals surface area contributed by atoms with Crippen LogP contribution in [-0.4, -0.2) is 79.2 Å². The van der Waals surface area contributed by atoms with Gasteiger partial charge in [0.25, 0.3) is 5.91 Å². The van der Waals surface area contributed by atoms with Crippen molar-refractivity contribution in [3.63, 3.8) is 0 Å². The molecule has 1 aromatic heterocycles. The minimum absolute atomic E-state index is 0.00201. The third kappa shape index (κ3) is 8.21. The van der Waals surface area contributed by atoms with Crippen molar-refractivity contribution < 1.29 is 43.5 Å². The van der Waals surface area contributed by atoms with Crippen LogP contribution >= 0.6 is 0 Å². The molecular formula is C19H28N2O9. The highest BCUT2D eigenvalue weighted by Crippen LogP contribution is 2.27. The molecule has 0 aromatic carbocycles. The molecule has 1 aliphatic rings. The zero-order valence-electron chi connectivity index (χ0n) is 17.3. The zero-order chi connectivity index (χ0) is 22.5. The van der Waals surface area contributed by atoms with Crippen LogP contribution in [0.4, 0.5) is 0 Å². The predicted octanol–water partition coefficient (Wildman–Crippen LogP) is 0.178. The molecule has 1 aliphatic heterocycles. The molecule has 30 heavy (non-hydrogen) atoms. The molecule has 168 valence electrons. The van der Waals surface area contributed by atoms with Gasteiger partial charge in [0.2, 0.25) is 0 Å². The van der Waals surface area contributed by atoms with Crippen LogP contribution in [0.5, 0.6) is 11.5 Å². The van der Waals surface area contributed by atoms with Crippen molar-refractivity contribution in [1.82, 2.24) is 10.3 Å². The number of aliphatic hydroxyl groups is 1. The van der Waals surface area contributed by atoms with Crippen molar-refractivity contribution in [2.75, 3.05) is 34.0 Å². The van der Waals surface area contributed by atoms with E-state index in [-0.39, 0.29) is 43.2 Å². The van der Waals surface area contributed by atoms with Gasteiger partial charge in [-0.3, -0.25) is 9.59 Å². The number of carbonyl (C=O) groups excluding carboxylic acids is 3. The maximum absolute atomic E-state index is 12.3. The summed E-state index contributed by atoms with van der Waals surface area (Å²) in [5, 5.41) is 20.5. The van der Waals surface area contributed by atoms with Gasteiger partial charge in [-0.2, -0.15) is 0 Å². The van der Waals surface area contributed by atoms with Gasteiger partial charge in [0.1, 0.15) is 0 Å². The van der Waals surface area contributed by atoms with Crippen molar-refractivity contribution in [3.05, 3.63) is 18.0 Å². The Morgan fingerprint density at radius 1 is 1.37 bits per heavy atom. The number of aromatic nitrogens is 1. The number of esters is 2. The minimum atomic E-state index is -0.963. The third-order valence-electron chi connectivity index (χ3n) is 3.96. The molecule has 3 N–H and O–H groups in total. The molecule has 1 fully saturated rings. The van der Waals surface area contributed by atoms with Crippen LogP contribution in [-0.2, 0) is 23.8 Å². The summed E-state index contributed by atoms with van der Waals surface area (Å²) in [6.45, 7) is 2.14. The second-order valence-electron chi connectivity index (χ2n) is 6.25. The number of amides is 1. The average molecular weight is 428 g/mol. The van der Waals surface area contributed by atoms with Crippen LogP contribution in [0.2, 0.25) is 0 Å². The Kier molecular flexibility index (Phi) is 11.2. The number of ether oxygens (including phenoxy) is 4. The molecule has 0 spiro atoms. The Labute approximate surface area is 174 Å². The first-order valence-corrected chi connectivity index (χ1v) is 9.32. The summed E-state index contributed by atoms with van der Waals surface area (Å²) in [7, 11) is 2.65. The van der Waals surface area contributed by atoms with E-state index >= 15 is 0 Å². The number of nitrogens with one attached hydrogen (secondary N) is 1. The van der Waals surface area contributed by atoms with Gasteiger partial charge < -0.3 is 34.5 Å². The SMILES string of the molecule is COC(=O)CCO.COc1ccnc(C(=O)N[C@H]2COCCCC(C)OC2=O)c1O. The van der Waals surface area contributed by atoms with Crippen LogP contribution in [0.3, 0.4) is 0 Å². The maximum atomic E-state index is 12.3. The highest BCUT2D eigenvalue weighted by atomic mass is 16.6. The van der Waals surface area contributed by atoms with E-state index in [1.807, 2.05) is 0 Å². The molecule has 2 rings (SSSR count). The summed E-state index contributed by atoms with van der Waals surface area (Å²) in [6.07, 6.45) is 2.65. The molecule has 11 nitrogen and oxygen atoms in total. The van der Waals surface area contributed by atoms with E-state index in [9.17, 15) is 19.5 Å². The number of rotatable bonds is 5. The van der Waals surface area contributed by atoms with Crippen molar-refractivity contribution in [2.24, 2.45) is 0 Å². The lowest BCUT2D eigenvalue weighted by Crippen LogP contribution is -2.45. The number of carbonyl (C=O) groups is 3. The van der Waals surface area contributed by atoms with E-state index in [1.165, 1.54) is 26.5 Å². The van der Waals surface area contributed by atoms with Gasteiger partial charge in [-0.1, -0.05) is 0 Å². The number of aromatic hydroxyl groups is 1. The van der Waals surface area contributed by atoms with Crippen LogP contribution in [0.15, 0.2) is 12.3 Å². The van der Waals surface area contributed by atoms with Crippen molar-refractivity contribution in [3.8, 4) is 11.5 Å². The van der Waals surface area contributed by atoms with Crippen LogP contribution < -0.4 is 10.1 Å². The van der Waals surface area contributed by atoms with E-state index in [4.69, 9.17) is 19.3 Å². The lowest BCUT2D eigenvalue weighted by atomic mass is 10.2. The van der Waals surface area contributed by atoms with Gasteiger partial charge in [0.15, 0.2) is 23.2 Å². The standard InChI is InChI=1S/C15H20N2O6.C4H8O3/c1-9-4-3-7-22-8-10(15(20)23-9)17-14(19)12-13(18)11(21-2)5-6-16-12;1-7-4(6)2-3-5/h5-6,9-10,18H,3-4,7-8H2,1-2H3,(H,17,19);5H,2-3H2,1H3/t9?,10-;/m0./s1. The molecule has 0 bridgehead atoms. The molecule has 2 heterocycles. The van der Waals surface area contributed by atoms with Gasteiger partial charge in [-0.15, -0.1) is 0 Å². The number of hydrogen-bond donors (Lipinski definition) is 3. The summed E-state index contributed by atoms with van der Waals surface area (Å²) in [5.74, 6) is -1.93. The minimum Gasteiger partial charge on any atom is -0.503 e. The predicted molar refractivity (Wildman–Crippen MR) is 103 cm³/mol. The molecule has 0 radical (unpaired) electrons. The third-order valence-corrected chi connectivity index (χ3v) is 3.96. The molecular weight excluding hydrogens is 400 g/mol. The molecule has 1 unspecified atom stereocenters. The van der Waals surface area contributed by atoms with Crippen LogP contribution in [0, 0.1) is 0 Å². The summed E-state index contributed by atoms with van der Waals surface area (Å²) in [4.78, 5) is 38.2. The molecule has 2 atom stereocenters. The molecule has 1 aromatic rings. The normalized spacial score (nSPS) is 19.0. The summed E-state index contributed by atoms with van der Waals surface area (Å²) >= 11 is 0. The Morgan fingerprint density at radius 2 is 2.10 bits per heavy atom. The monoisotopic (exact) mass is 428 g/mol. The van der Waals surface area contributed by atoms with Crippen molar-refractivity contribution >= 4 is 17.8 Å².